The summed E-state index contributed by atoms with van der Waals surface area (Å²) in [5.74, 6) is 1.52. The van der Waals surface area contributed by atoms with Gasteiger partial charge in [-0.1, -0.05) is 43.5 Å². The molecule has 1 saturated carbocycles. The highest BCUT2D eigenvalue weighted by Gasteiger charge is 2.33. The molecule has 0 saturated heterocycles. The number of aromatic nitrogens is 3. The SMILES string of the molecule is FC(F)(F)c1ccccc1-c1ccc(CN2CCc3nc(C4CCCCC4)ncc3C2)cn1. The summed E-state index contributed by atoms with van der Waals surface area (Å²) in [7, 11) is 0. The van der Waals surface area contributed by atoms with Crippen LogP contribution in [-0.2, 0) is 25.7 Å². The summed E-state index contributed by atoms with van der Waals surface area (Å²) in [6.07, 6.45) is 6.42. The Bertz CT molecular complexity index is 1110. The lowest BCUT2D eigenvalue weighted by molar-refractivity contribution is -0.137. The number of rotatable bonds is 4. The summed E-state index contributed by atoms with van der Waals surface area (Å²) >= 11 is 0. The van der Waals surface area contributed by atoms with E-state index in [9.17, 15) is 13.2 Å². The van der Waals surface area contributed by atoms with Gasteiger partial charge in [0, 0.05) is 61.2 Å². The Balaban J connectivity index is 1.26. The molecule has 172 valence electrons. The van der Waals surface area contributed by atoms with Crippen LogP contribution in [0.5, 0.6) is 0 Å². The van der Waals surface area contributed by atoms with Gasteiger partial charge in [-0.15, -0.1) is 0 Å². The third-order valence-electron chi connectivity index (χ3n) is 6.74. The Hall–Kier alpha value is -2.80. The molecular weight excluding hydrogens is 425 g/mol. The Kier molecular flexibility index (Phi) is 6.15. The molecule has 0 amide bonds. The lowest BCUT2D eigenvalue weighted by atomic mass is 9.88. The summed E-state index contributed by atoms with van der Waals surface area (Å²) in [6.45, 7) is 2.36. The minimum Gasteiger partial charge on any atom is -0.294 e. The van der Waals surface area contributed by atoms with E-state index in [1.54, 1.807) is 18.3 Å². The van der Waals surface area contributed by atoms with E-state index in [1.165, 1.54) is 55.5 Å². The standard InChI is InChI=1S/C26H27F3N4/c27-26(28,29)22-9-5-4-8-21(22)24-11-10-18(14-30-24)16-33-13-12-23-20(17-33)15-31-25(32-23)19-6-2-1-3-7-19/h4-5,8-11,14-15,19H,1-3,6-7,12-13,16-17H2. The van der Waals surface area contributed by atoms with E-state index in [0.717, 1.165) is 37.0 Å². The number of benzene rings is 1. The Morgan fingerprint density at radius 1 is 0.939 bits per heavy atom. The van der Waals surface area contributed by atoms with Gasteiger partial charge >= 0.3 is 6.18 Å². The zero-order valence-electron chi connectivity index (χ0n) is 18.5. The van der Waals surface area contributed by atoms with Crippen molar-refractivity contribution in [1.82, 2.24) is 19.9 Å². The largest absolute Gasteiger partial charge is 0.417 e. The van der Waals surface area contributed by atoms with Crippen LogP contribution in [0, 0.1) is 0 Å². The fourth-order valence-corrected chi connectivity index (χ4v) is 4.97. The maximum absolute atomic E-state index is 13.3. The van der Waals surface area contributed by atoms with Crippen LogP contribution in [0.2, 0.25) is 0 Å². The summed E-state index contributed by atoms with van der Waals surface area (Å²) in [5.41, 5.74) is 3.09. The molecule has 0 spiro atoms. The highest BCUT2D eigenvalue weighted by molar-refractivity contribution is 5.64. The van der Waals surface area contributed by atoms with E-state index in [2.05, 4.69) is 14.9 Å². The van der Waals surface area contributed by atoms with E-state index in [0.29, 0.717) is 18.2 Å². The lowest BCUT2D eigenvalue weighted by Gasteiger charge is -2.29. The summed E-state index contributed by atoms with van der Waals surface area (Å²) in [4.78, 5) is 16.3. The van der Waals surface area contributed by atoms with Gasteiger partial charge in [0.2, 0.25) is 0 Å². The Morgan fingerprint density at radius 2 is 1.76 bits per heavy atom. The van der Waals surface area contributed by atoms with E-state index < -0.39 is 11.7 Å². The van der Waals surface area contributed by atoms with Crippen molar-refractivity contribution in [2.24, 2.45) is 0 Å². The van der Waals surface area contributed by atoms with Crippen molar-refractivity contribution in [3.63, 3.8) is 0 Å². The summed E-state index contributed by atoms with van der Waals surface area (Å²) < 4.78 is 40.0. The number of halogens is 3. The first kappa shape index (κ1) is 22.0. The van der Waals surface area contributed by atoms with Crippen LogP contribution >= 0.6 is 0 Å². The van der Waals surface area contributed by atoms with Crippen molar-refractivity contribution in [2.75, 3.05) is 6.54 Å². The van der Waals surface area contributed by atoms with Crippen LogP contribution < -0.4 is 0 Å². The second kappa shape index (κ2) is 9.21. The van der Waals surface area contributed by atoms with Crippen LogP contribution in [0.3, 0.4) is 0 Å². The number of hydrogen-bond donors (Lipinski definition) is 0. The molecule has 1 fully saturated rings. The number of hydrogen-bond acceptors (Lipinski definition) is 4. The number of nitrogens with zero attached hydrogens (tertiary/aromatic N) is 4. The molecule has 2 aliphatic rings. The number of alkyl halides is 3. The molecule has 0 radical (unpaired) electrons. The van der Waals surface area contributed by atoms with E-state index in [4.69, 9.17) is 4.98 Å². The molecule has 1 aliphatic carbocycles. The van der Waals surface area contributed by atoms with Gasteiger partial charge in [0.1, 0.15) is 5.82 Å². The lowest BCUT2D eigenvalue weighted by Crippen LogP contribution is -2.31. The zero-order chi connectivity index (χ0) is 22.8. The minimum absolute atomic E-state index is 0.106. The molecular formula is C26H27F3N4. The van der Waals surface area contributed by atoms with Gasteiger partial charge < -0.3 is 0 Å². The molecule has 3 heterocycles. The van der Waals surface area contributed by atoms with Crippen LogP contribution in [0.1, 0.15) is 66.2 Å². The molecule has 3 aromatic rings. The average Bonchev–Trinajstić information content (AvgIpc) is 2.84. The highest BCUT2D eigenvalue weighted by Crippen LogP contribution is 2.36. The average molecular weight is 453 g/mol. The van der Waals surface area contributed by atoms with E-state index >= 15 is 0 Å². The number of fused-ring (bicyclic) bond motifs is 1. The van der Waals surface area contributed by atoms with Gasteiger partial charge in [0.05, 0.1) is 11.3 Å². The monoisotopic (exact) mass is 452 g/mol. The quantitative estimate of drug-likeness (QED) is 0.475. The molecule has 1 aromatic carbocycles. The van der Waals surface area contributed by atoms with Gasteiger partial charge in [0.25, 0.3) is 0 Å². The molecule has 5 rings (SSSR count). The third-order valence-corrected chi connectivity index (χ3v) is 6.74. The maximum Gasteiger partial charge on any atom is 0.417 e. The predicted octanol–water partition coefficient (Wildman–Crippen LogP) is 6.16. The molecule has 2 aromatic heterocycles. The maximum atomic E-state index is 13.3. The summed E-state index contributed by atoms with van der Waals surface area (Å²) in [6, 6.07) is 9.11. The fraction of sp³-hybridized carbons (Fsp3) is 0.423. The molecule has 4 nitrogen and oxygen atoms in total. The molecule has 1 aliphatic heterocycles. The predicted molar refractivity (Wildman–Crippen MR) is 120 cm³/mol. The molecule has 0 unspecified atom stereocenters. The molecule has 33 heavy (non-hydrogen) atoms. The molecule has 0 bridgehead atoms. The van der Waals surface area contributed by atoms with E-state index in [1.807, 2.05) is 12.3 Å². The van der Waals surface area contributed by atoms with Gasteiger partial charge in [-0.2, -0.15) is 13.2 Å². The Morgan fingerprint density at radius 3 is 2.52 bits per heavy atom. The zero-order valence-corrected chi connectivity index (χ0v) is 18.5. The van der Waals surface area contributed by atoms with Gasteiger partial charge in [0.15, 0.2) is 0 Å². The highest BCUT2D eigenvalue weighted by atomic mass is 19.4. The summed E-state index contributed by atoms with van der Waals surface area (Å²) in [5, 5.41) is 0. The fourth-order valence-electron chi connectivity index (χ4n) is 4.97. The van der Waals surface area contributed by atoms with Crippen LogP contribution in [0.15, 0.2) is 48.8 Å². The Labute approximate surface area is 191 Å². The van der Waals surface area contributed by atoms with Crippen LogP contribution in [0.25, 0.3) is 11.3 Å². The third kappa shape index (κ3) is 4.93. The van der Waals surface area contributed by atoms with Crippen molar-refractivity contribution in [1.29, 1.82) is 0 Å². The van der Waals surface area contributed by atoms with Gasteiger partial charge in [-0.25, -0.2) is 9.97 Å². The van der Waals surface area contributed by atoms with Crippen LogP contribution in [-0.4, -0.2) is 26.4 Å². The van der Waals surface area contributed by atoms with Crippen LogP contribution in [0.4, 0.5) is 13.2 Å². The second-order valence-corrected chi connectivity index (χ2v) is 9.09. The first-order valence-electron chi connectivity index (χ1n) is 11.7. The van der Waals surface area contributed by atoms with E-state index in [-0.39, 0.29) is 5.56 Å². The van der Waals surface area contributed by atoms with Crippen molar-refractivity contribution >= 4 is 0 Å². The minimum atomic E-state index is -4.41. The van der Waals surface area contributed by atoms with Crippen molar-refractivity contribution in [2.45, 2.75) is 63.7 Å². The number of pyridine rings is 1. The first-order chi connectivity index (χ1) is 16.0. The van der Waals surface area contributed by atoms with Crippen molar-refractivity contribution in [3.8, 4) is 11.3 Å². The molecule has 0 N–H and O–H groups in total. The molecule has 0 atom stereocenters. The topological polar surface area (TPSA) is 41.9 Å². The first-order valence-corrected chi connectivity index (χ1v) is 11.7. The van der Waals surface area contributed by atoms with Gasteiger partial charge in [-0.3, -0.25) is 9.88 Å². The van der Waals surface area contributed by atoms with Crippen molar-refractivity contribution in [3.05, 3.63) is 77.0 Å². The second-order valence-electron chi connectivity index (χ2n) is 9.09. The smallest absolute Gasteiger partial charge is 0.294 e. The normalized spacial score (nSPS) is 17.7. The molecule has 7 heteroatoms. The van der Waals surface area contributed by atoms with Crippen molar-refractivity contribution < 1.29 is 13.2 Å². The van der Waals surface area contributed by atoms with Gasteiger partial charge in [-0.05, 0) is 30.5 Å².